The number of pyridine rings is 1. The molecule has 1 aromatic carbocycles. The molecule has 2 heterocycles. The molecule has 0 saturated carbocycles. The lowest BCUT2D eigenvalue weighted by Crippen LogP contribution is -2.33. The van der Waals surface area contributed by atoms with Crippen LogP contribution in [-0.2, 0) is 5.41 Å². The van der Waals surface area contributed by atoms with Crippen LogP contribution in [0.2, 0.25) is 0 Å². The molecule has 1 aliphatic rings. The fourth-order valence-electron chi connectivity index (χ4n) is 3.21. The SMILES string of the molecule is CC1CCN(c2ccc(NC(=O)c3ccc(C(C)(C)C)cc3)cn2)CC1. The maximum absolute atomic E-state index is 12.4. The third-order valence-electron chi connectivity index (χ3n) is 5.13. The van der Waals surface area contributed by atoms with Crippen LogP contribution in [-0.4, -0.2) is 24.0 Å². The monoisotopic (exact) mass is 351 g/mol. The maximum Gasteiger partial charge on any atom is 0.255 e. The molecule has 138 valence electrons. The van der Waals surface area contributed by atoms with Gasteiger partial charge >= 0.3 is 0 Å². The lowest BCUT2D eigenvalue weighted by Gasteiger charge is -2.31. The number of nitrogens with zero attached hydrogens (tertiary/aromatic N) is 2. The number of aromatic nitrogens is 1. The number of carbonyl (C=O) groups excluding carboxylic acids is 1. The molecule has 1 aromatic heterocycles. The third-order valence-corrected chi connectivity index (χ3v) is 5.13. The first-order chi connectivity index (χ1) is 12.3. The van der Waals surface area contributed by atoms with Gasteiger partial charge in [-0.25, -0.2) is 4.98 Å². The summed E-state index contributed by atoms with van der Waals surface area (Å²) in [6.45, 7) is 10.9. The minimum absolute atomic E-state index is 0.0843. The molecule has 4 heteroatoms. The van der Waals surface area contributed by atoms with E-state index in [1.54, 1.807) is 6.20 Å². The third kappa shape index (κ3) is 4.43. The predicted molar refractivity (Wildman–Crippen MR) is 108 cm³/mol. The molecule has 0 unspecified atom stereocenters. The van der Waals surface area contributed by atoms with E-state index in [-0.39, 0.29) is 11.3 Å². The quantitative estimate of drug-likeness (QED) is 0.858. The number of anilines is 2. The molecular formula is C22H29N3O. The molecule has 0 atom stereocenters. The van der Waals surface area contributed by atoms with Gasteiger partial charge in [-0.1, -0.05) is 39.8 Å². The van der Waals surface area contributed by atoms with E-state index in [9.17, 15) is 4.79 Å². The van der Waals surface area contributed by atoms with Gasteiger partial charge < -0.3 is 10.2 Å². The first-order valence-corrected chi connectivity index (χ1v) is 9.46. The van der Waals surface area contributed by atoms with Gasteiger partial charge in [0.2, 0.25) is 0 Å². The van der Waals surface area contributed by atoms with Crippen molar-refractivity contribution >= 4 is 17.4 Å². The van der Waals surface area contributed by atoms with Crippen molar-refractivity contribution in [3.8, 4) is 0 Å². The molecule has 26 heavy (non-hydrogen) atoms. The second-order valence-electron chi connectivity index (χ2n) is 8.36. The summed E-state index contributed by atoms with van der Waals surface area (Å²) in [5.41, 5.74) is 2.69. The van der Waals surface area contributed by atoms with Crippen LogP contribution in [0.3, 0.4) is 0 Å². The number of benzene rings is 1. The van der Waals surface area contributed by atoms with E-state index in [1.807, 2.05) is 36.4 Å². The average molecular weight is 351 g/mol. The zero-order valence-electron chi connectivity index (χ0n) is 16.2. The Morgan fingerprint density at radius 1 is 1.08 bits per heavy atom. The number of hydrogen-bond acceptors (Lipinski definition) is 3. The van der Waals surface area contributed by atoms with Crippen LogP contribution in [0, 0.1) is 5.92 Å². The van der Waals surface area contributed by atoms with Gasteiger partial charge in [0.15, 0.2) is 0 Å². The molecule has 0 spiro atoms. The van der Waals surface area contributed by atoms with Gasteiger partial charge in [-0.05, 0) is 54.0 Å². The van der Waals surface area contributed by atoms with Crippen molar-refractivity contribution in [3.63, 3.8) is 0 Å². The van der Waals surface area contributed by atoms with Gasteiger partial charge in [-0.3, -0.25) is 4.79 Å². The summed E-state index contributed by atoms with van der Waals surface area (Å²) in [4.78, 5) is 19.3. The molecule has 0 aliphatic carbocycles. The highest BCUT2D eigenvalue weighted by molar-refractivity contribution is 6.04. The molecule has 4 nitrogen and oxygen atoms in total. The zero-order chi connectivity index (χ0) is 18.7. The van der Waals surface area contributed by atoms with Crippen molar-refractivity contribution in [2.24, 2.45) is 5.92 Å². The Labute approximate surface area is 156 Å². The van der Waals surface area contributed by atoms with Gasteiger partial charge in [0.05, 0.1) is 11.9 Å². The minimum atomic E-state index is -0.105. The summed E-state index contributed by atoms with van der Waals surface area (Å²) in [7, 11) is 0. The second-order valence-corrected chi connectivity index (χ2v) is 8.36. The van der Waals surface area contributed by atoms with Crippen molar-refractivity contribution < 1.29 is 4.79 Å². The topological polar surface area (TPSA) is 45.2 Å². The summed E-state index contributed by atoms with van der Waals surface area (Å²) < 4.78 is 0. The molecule has 2 aromatic rings. The lowest BCUT2D eigenvalue weighted by molar-refractivity contribution is 0.102. The lowest BCUT2D eigenvalue weighted by atomic mass is 9.87. The maximum atomic E-state index is 12.4. The zero-order valence-corrected chi connectivity index (χ0v) is 16.2. The van der Waals surface area contributed by atoms with Crippen LogP contribution in [0.5, 0.6) is 0 Å². The molecule has 0 bridgehead atoms. The molecular weight excluding hydrogens is 322 g/mol. The van der Waals surface area contributed by atoms with Crippen LogP contribution in [0.25, 0.3) is 0 Å². The fourth-order valence-corrected chi connectivity index (χ4v) is 3.21. The van der Waals surface area contributed by atoms with Crippen molar-refractivity contribution in [2.75, 3.05) is 23.3 Å². The van der Waals surface area contributed by atoms with Crippen molar-refractivity contribution in [1.82, 2.24) is 4.98 Å². The molecule has 1 amide bonds. The Hall–Kier alpha value is -2.36. The van der Waals surface area contributed by atoms with Gasteiger partial charge in [0.25, 0.3) is 5.91 Å². The molecule has 1 aliphatic heterocycles. The van der Waals surface area contributed by atoms with Gasteiger partial charge in [-0.15, -0.1) is 0 Å². The highest BCUT2D eigenvalue weighted by Crippen LogP contribution is 2.24. The predicted octanol–water partition coefficient (Wildman–Crippen LogP) is 4.87. The Morgan fingerprint density at radius 3 is 2.27 bits per heavy atom. The number of nitrogens with one attached hydrogen (secondary N) is 1. The highest BCUT2D eigenvalue weighted by Gasteiger charge is 2.17. The Kier molecular flexibility index (Phi) is 5.30. The standard InChI is InChI=1S/C22H29N3O/c1-16-11-13-25(14-12-16)20-10-9-19(15-23-20)24-21(26)17-5-7-18(8-6-17)22(2,3)4/h5-10,15-16H,11-14H2,1-4H3,(H,24,26). The minimum Gasteiger partial charge on any atom is -0.357 e. The second kappa shape index (κ2) is 7.48. The Balaban J connectivity index is 1.62. The largest absolute Gasteiger partial charge is 0.357 e. The van der Waals surface area contributed by atoms with Gasteiger partial charge in [0.1, 0.15) is 5.82 Å². The first-order valence-electron chi connectivity index (χ1n) is 9.46. The van der Waals surface area contributed by atoms with E-state index in [2.05, 4.69) is 42.9 Å². The van der Waals surface area contributed by atoms with Crippen LogP contribution < -0.4 is 10.2 Å². The highest BCUT2D eigenvalue weighted by atomic mass is 16.1. The smallest absolute Gasteiger partial charge is 0.255 e. The van der Waals surface area contributed by atoms with Crippen LogP contribution in [0.15, 0.2) is 42.6 Å². The van der Waals surface area contributed by atoms with Crippen molar-refractivity contribution in [2.45, 2.75) is 46.0 Å². The van der Waals surface area contributed by atoms with E-state index in [0.29, 0.717) is 5.56 Å². The van der Waals surface area contributed by atoms with E-state index in [0.717, 1.165) is 30.5 Å². The van der Waals surface area contributed by atoms with Gasteiger partial charge in [-0.2, -0.15) is 0 Å². The number of carbonyl (C=O) groups is 1. The Morgan fingerprint density at radius 2 is 1.73 bits per heavy atom. The van der Waals surface area contributed by atoms with E-state index in [4.69, 9.17) is 0 Å². The van der Waals surface area contributed by atoms with Gasteiger partial charge in [0, 0.05) is 18.7 Å². The molecule has 0 radical (unpaired) electrons. The summed E-state index contributed by atoms with van der Waals surface area (Å²) in [5, 5.41) is 2.93. The van der Waals surface area contributed by atoms with Crippen LogP contribution in [0.1, 0.15) is 56.5 Å². The summed E-state index contributed by atoms with van der Waals surface area (Å²) in [6.07, 6.45) is 4.17. The number of amides is 1. The number of hydrogen-bond donors (Lipinski definition) is 1. The fraction of sp³-hybridized carbons (Fsp3) is 0.455. The molecule has 1 saturated heterocycles. The first kappa shape index (κ1) is 18.4. The normalized spacial score (nSPS) is 15.8. The van der Waals surface area contributed by atoms with Crippen molar-refractivity contribution in [3.05, 3.63) is 53.7 Å². The summed E-state index contributed by atoms with van der Waals surface area (Å²) in [5.74, 6) is 1.69. The average Bonchev–Trinajstić information content (AvgIpc) is 2.62. The van der Waals surface area contributed by atoms with E-state index >= 15 is 0 Å². The number of rotatable bonds is 3. The summed E-state index contributed by atoms with van der Waals surface area (Å²) in [6, 6.07) is 11.7. The molecule has 1 fully saturated rings. The van der Waals surface area contributed by atoms with Crippen LogP contribution >= 0.6 is 0 Å². The number of piperidine rings is 1. The van der Waals surface area contributed by atoms with Crippen molar-refractivity contribution in [1.29, 1.82) is 0 Å². The van der Waals surface area contributed by atoms with E-state index in [1.165, 1.54) is 18.4 Å². The summed E-state index contributed by atoms with van der Waals surface area (Å²) >= 11 is 0. The molecule has 3 rings (SSSR count). The molecule has 1 N–H and O–H groups in total. The Bertz CT molecular complexity index is 736. The van der Waals surface area contributed by atoms with Crippen LogP contribution in [0.4, 0.5) is 11.5 Å². The van der Waals surface area contributed by atoms with E-state index < -0.39 is 0 Å².